The average Bonchev–Trinajstić information content (AvgIpc) is 2.93. The van der Waals surface area contributed by atoms with Gasteiger partial charge in [-0.05, 0) is 42.0 Å². The van der Waals surface area contributed by atoms with Gasteiger partial charge in [0.15, 0.2) is 12.1 Å². The van der Waals surface area contributed by atoms with E-state index in [1.54, 1.807) is 24.3 Å². The quantitative estimate of drug-likeness (QED) is 0.177. The molecule has 1 N–H and O–H groups in total. The standard InChI is InChI=1S/C31H33N2O5.BrH/c1-22(34)37-27-14-12-23(13-15-27)28(35)20-33-18-16-24(17-19-33)29(21-33)38-31(36)30(25-8-4-2-5-9-25)32-26-10-6-3-7-11-26;/h2-15,24,29-30,32H,16-21H2,1H3;1H/q+1;/p-1/t24?,29-,30+,33?;/m0./s1. The summed E-state index contributed by atoms with van der Waals surface area (Å²) in [7, 11) is 0. The number of anilines is 1. The van der Waals surface area contributed by atoms with Gasteiger partial charge in [0.2, 0.25) is 5.78 Å². The number of nitrogens with one attached hydrogen (secondary N) is 1. The molecular weight excluding hydrogens is 560 g/mol. The third-order valence-corrected chi connectivity index (χ3v) is 7.68. The number of piperidine rings is 3. The van der Waals surface area contributed by atoms with Crippen LogP contribution in [0.25, 0.3) is 0 Å². The number of Topliss-reactive ketones (excluding diaryl/α,β-unsaturated/α-hetero) is 1. The number of hydrogen-bond donors (Lipinski definition) is 1. The van der Waals surface area contributed by atoms with Crippen molar-refractivity contribution in [1.82, 2.24) is 0 Å². The Labute approximate surface area is 239 Å². The van der Waals surface area contributed by atoms with Gasteiger partial charge in [-0.2, -0.15) is 0 Å². The Morgan fingerprint density at radius 3 is 2.13 bits per heavy atom. The van der Waals surface area contributed by atoms with E-state index in [-0.39, 0.29) is 34.8 Å². The molecule has 3 saturated heterocycles. The number of para-hydroxylation sites is 1. The van der Waals surface area contributed by atoms with Crippen molar-refractivity contribution >= 4 is 23.4 Å². The van der Waals surface area contributed by atoms with E-state index in [1.807, 2.05) is 60.7 Å². The van der Waals surface area contributed by atoms with Gasteiger partial charge >= 0.3 is 11.9 Å². The number of ketones is 1. The Morgan fingerprint density at radius 1 is 0.897 bits per heavy atom. The Morgan fingerprint density at radius 2 is 1.51 bits per heavy atom. The van der Waals surface area contributed by atoms with Crippen LogP contribution >= 0.6 is 0 Å². The van der Waals surface area contributed by atoms with E-state index in [1.165, 1.54) is 6.92 Å². The van der Waals surface area contributed by atoms with Gasteiger partial charge in [-0.15, -0.1) is 0 Å². The molecule has 3 aromatic rings. The zero-order chi connectivity index (χ0) is 26.5. The lowest BCUT2D eigenvalue weighted by Crippen LogP contribution is -3.00. The number of carbonyl (C=O) groups is 3. The van der Waals surface area contributed by atoms with Crippen LogP contribution in [-0.2, 0) is 14.3 Å². The number of rotatable bonds is 9. The molecule has 0 aliphatic carbocycles. The summed E-state index contributed by atoms with van der Waals surface area (Å²) >= 11 is 0. The zero-order valence-electron chi connectivity index (χ0n) is 21.9. The first-order chi connectivity index (χ1) is 18.4. The number of esters is 2. The molecule has 0 radical (unpaired) electrons. The average molecular weight is 594 g/mol. The summed E-state index contributed by atoms with van der Waals surface area (Å²) < 4.78 is 11.9. The van der Waals surface area contributed by atoms with Crippen LogP contribution in [0.1, 0.15) is 41.7 Å². The second-order valence-electron chi connectivity index (χ2n) is 10.3. The van der Waals surface area contributed by atoms with Crippen molar-refractivity contribution in [2.45, 2.75) is 31.9 Å². The lowest BCUT2D eigenvalue weighted by atomic mass is 9.82. The number of hydrogen-bond acceptors (Lipinski definition) is 6. The number of halogens is 1. The fraction of sp³-hybridized carbons (Fsp3) is 0.323. The van der Waals surface area contributed by atoms with Crippen LogP contribution < -0.4 is 27.0 Å². The number of quaternary nitrogens is 1. The largest absolute Gasteiger partial charge is 1.00 e. The van der Waals surface area contributed by atoms with Crippen molar-refractivity contribution in [1.29, 1.82) is 0 Å². The fourth-order valence-electron chi connectivity index (χ4n) is 5.69. The zero-order valence-corrected chi connectivity index (χ0v) is 23.5. The van der Waals surface area contributed by atoms with Gasteiger partial charge in [-0.25, -0.2) is 4.79 Å². The number of benzene rings is 3. The van der Waals surface area contributed by atoms with E-state index >= 15 is 0 Å². The van der Waals surface area contributed by atoms with Crippen LogP contribution in [0.4, 0.5) is 5.69 Å². The van der Waals surface area contributed by atoms with Crippen molar-refractivity contribution in [2.75, 3.05) is 31.5 Å². The second-order valence-corrected chi connectivity index (χ2v) is 10.3. The maximum atomic E-state index is 13.6. The highest BCUT2D eigenvalue weighted by Crippen LogP contribution is 2.37. The summed E-state index contributed by atoms with van der Waals surface area (Å²) in [4.78, 5) is 37.9. The van der Waals surface area contributed by atoms with Gasteiger partial charge in [-0.3, -0.25) is 9.59 Å². The van der Waals surface area contributed by atoms with Gasteiger partial charge in [-0.1, -0.05) is 48.5 Å². The third-order valence-electron chi connectivity index (χ3n) is 7.68. The monoisotopic (exact) mass is 592 g/mol. The molecule has 7 nitrogen and oxygen atoms in total. The minimum absolute atomic E-state index is 0. The molecule has 2 bridgehead atoms. The van der Waals surface area contributed by atoms with E-state index in [9.17, 15) is 14.4 Å². The Balaban J connectivity index is 0.00000353. The first kappa shape index (κ1) is 28.5. The summed E-state index contributed by atoms with van der Waals surface area (Å²) in [5.74, 6) is 0.0730. The van der Waals surface area contributed by atoms with E-state index in [0.717, 1.165) is 37.2 Å². The molecule has 39 heavy (non-hydrogen) atoms. The lowest BCUT2D eigenvalue weighted by Gasteiger charge is -2.51. The van der Waals surface area contributed by atoms with Crippen molar-refractivity contribution in [3.8, 4) is 5.75 Å². The molecule has 3 aliphatic heterocycles. The molecule has 0 saturated carbocycles. The lowest BCUT2D eigenvalue weighted by molar-refractivity contribution is -0.938. The highest BCUT2D eigenvalue weighted by atomic mass is 79.9. The molecule has 8 heteroatoms. The summed E-state index contributed by atoms with van der Waals surface area (Å²) in [5.41, 5.74) is 2.28. The third kappa shape index (κ3) is 6.94. The minimum Gasteiger partial charge on any atom is -1.00 e. The van der Waals surface area contributed by atoms with Crippen LogP contribution in [0.2, 0.25) is 0 Å². The molecule has 0 unspecified atom stereocenters. The number of ether oxygens (including phenoxy) is 2. The summed E-state index contributed by atoms with van der Waals surface area (Å²) in [6.45, 7) is 4.15. The Hall–Kier alpha value is -3.49. The molecule has 3 fully saturated rings. The van der Waals surface area contributed by atoms with Gasteiger partial charge < -0.3 is 36.3 Å². The summed E-state index contributed by atoms with van der Waals surface area (Å²) in [6.07, 6.45) is 1.63. The molecular formula is C31H33BrN2O5. The maximum Gasteiger partial charge on any atom is 0.333 e. The van der Waals surface area contributed by atoms with Crippen molar-refractivity contribution in [3.05, 3.63) is 96.1 Å². The molecule has 0 aromatic heterocycles. The predicted molar refractivity (Wildman–Crippen MR) is 144 cm³/mol. The normalized spacial score (nSPS) is 22.2. The Bertz CT molecular complexity index is 1280. The number of carbonyl (C=O) groups excluding carboxylic acids is 3. The van der Waals surface area contributed by atoms with Crippen LogP contribution in [0.15, 0.2) is 84.9 Å². The molecule has 2 atom stereocenters. The summed E-state index contributed by atoms with van der Waals surface area (Å²) in [5, 5.41) is 3.34. The molecule has 6 rings (SSSR count). The van der Waals surface area contributed by atoms with Crippen LogP contribution in [0.3, 0.4) is 0 Å². The van der Waals surface area contributed by atoms with Crippen LogP contribution in [0.5, 0.6) is 5.75 Å². The topological polar surface area (TPSA) is 81.7 Å². The van der Waals surface area contributed by atoms with E-state index in [0.29, 0.717) is 34.8 Å². The maximum absolute atomic E-state index is 13.6. The van der Waals surface area contributed by atoms with Crippen molar-refractivity contribution in [2.24, 2.45) is 5.92 Å². The minimum atomic E-state index is -0.625. The smallest absolute Gasteiger partial charge is 0.333 e. The van der Waals surface area contributed by atoms with Gasteiger partial charge in [0.1, 0.15) is 18.8 Å². The van der Waals surface area contributed by atoms with E-state index < -0.39 is 12.0 Å². The van der Waals surface area contributed by atoms with E-state index in [2.05, 4.69) is 5.32 Å². The number of nitrogens with zero attached hydrogens (tertiary/aromatic N) is 1. The number of fused-ring (bicyclic) bond motifs is 3. The Kier molecular flexibility index (Phi) is 9.20. The molecule has 0 amide bonds. The second kappa shape index (κ2) is 12.6. The van der Waals surface area contributed by atoms with Crippen molar-refractivity contribution in [3.63, 3.8) is 0 Å². The van der Waals surface area contributed by atoms with Gasteiger partial charge in [0.05, 0.1) is 13.1 Å². The predicted octanol–water partition coefficient (Wildman–Crippen LogP) is 1.80. The van der Waals surface area contributed by atoms with E-state index in [4.69, 9.17) is 9.47 Å². The van der Waals surface area contributed by atoms with Gasteiger partial charge in [0, 0.05) is 36.9 Å². The molecule has 3 aliphatic rings. The fourth-order valence-corrected chi connectivity index (χ4v) is 5.69. The summed E-state index contributed by atoms with van der Waals surface area (Å²) in [6, 6.07) is 25.3. The van der Waals surface area contributed by atoms with Gasteiger partial charge in [0.25, 0.3) is 0 Å². The highest BCUT2D eigenvalue weighted by molar-refractivity contribution is 5.97. The first-order valence-corrected chi connectivity index (χ1v) is 13.1. The van der Waals surface area contributed by atoms with Crippen LogP contribution in [-0.4, -0.2) is 54.5 Å². The molecule has 3 heterocycles. The molecule has 3 aromatic carbocycles. The highest BCUT2D eigenvalue weighted by Gasteiger charge is 2.49. The first-order valence-electron chi connectivity index (χ1n) is 13.1. The SMILES string of the molecule is CC(=O)Oc1ccc(C(=O)C[N+]23CCC(CC2)[C@@H](OC(=O)[C@H](Nc2ccccc2)c2ccccc2)C3)cc1.[Br-]. The van der Waals surface area contributed by atoms with Crippen LogP contribution in [0, 0.1) is 5.92 Å². The van der Waals surface area contributed by atoms with Crippen molar-refractivity contribution < 1.29 is 45.3 Å². The molecule has 204 valence electrons. The molecule has 0 spiro atoms.